The number of nitrogens with zero attached hydrogens (tertiary/aromatic N) is 1. The lowest BCUT2D eigenvalue weighted by atomic mass is 10.2. The van der Waals surface area contributed by atoms with Crippen molar-refractivity contribution in [3.05, 3.63) is 59.9 Å². The molecule has 1 heterocycles. The molecule has 4 nitrogen and oxygen atoms in total. The summed E-state index contributed by atoms with van der Waals surface area (Å²) in [6.45, 7) is 1.50. The highest BCUT2D eigenvalue weighted by atomic mass is 19.1. The number of carbonyl (C=O) groups is 1. The van der Waals surface area contributed by atoms with Crippen molar-refractivity contribution in [2.45, 2.75) is 6.54 Å². The molecule has 108 valence electrons. The first-order valence-electron chi connectivity index (χ1n) is 6.75. The van der Waals surface area contributed by atoms with Gasteiger partial charge < -0.3 is 10.1 Å². The normalized spacial score (nSPS) is 14.1. The third-order valence-corrected chi connectivity index (χ3v) is 3.30. The smallest absolute Gasteiger partial charge is 0.414 e. The molecule has 0 atom stereocenters. The van der Waals surface area contributed by atoms with Crippen molar-refractivity contribution in [3.8, 4) is 0 Å². The lowest BCUT2D eigenvalue weighted by molar-refractivity contribution is 0.181. The number of hydrogen-bond donors (Lipinski definition) is 1. The van der Waals surface area contributed by atoms with E-state index in [1.807, 2.05) is 30.3 Å². The predicted octanol–water partition coefficient (Wildman–Crippen LogP) is 3.39. The second-order valence-electron chi connectivity index (χ2n) is 4.80. The van der Waals surface area contributed by atoms with E-state index in [0.29, 0.717) is 19.7 Å². The molecule has 1 aliphatic heterocycles. The average Bonchev–Trinajstić information content (AvgIpc) is 2.92. The van der Waals surface area contributed by atoms with E-state index in [0.717, 1.165) is 16.9 Å². The van der Waals surface area contributed by atoms with Gasteiger partial charge in [-0.2, -0.15) is 0 Å². The minimum atomic E-state index is -0.322. The van der Waals surface area contributed by atoms with Gasteiger partial charge in [0.1, 0.15) is 12.4 Å². The molecule has 5 heteroatoms. The van der Waals surface area contributed by atoms with Crippen LogP contribution < -0.4 is 10.2 Å². The monoisotopic (exact) mass is 286 g/mol. The maximum Gasteiger partial charge on any atom is 0.414 e. The van der Waals surface area contributed by atoms with Gasteiger partial charge in [-0.1, -0.05) is 18.2 Å². The molecule has 3 rings (SSSR count). The Morgan fingerprint density at radius 1 is 1.19 bits per heavy atom. The summed E-state index contributed by atoms with van der Waals surface area (Å²) in [6, 6.07) is 14.0. The van der Waals surface area contributed by atoms with Gasteiger partial charge >= 0.3 is 6.09 Å². The molecule has 0 aliphatic carbocycles. The molecule has 0 spiro atoms. The summed E-state index contributed by atoms with van der Waals surface area (Å²) in [5.41, 5.74) is 2.53. The van der Waals surface area contributed by atoms with Crippen LogP contribution in [0, 0.1) is 5.82 Å². The van der Waals surface area contributed by atoms with Crippen LogP contribution in [0.5, 0.6) is 0 Å². The second kappa shape index (κ2) is 5.83. The van der Waals surface area contributed by atoms with Crippen LogP contribution in [-0.2, 0) is 11.3 Å². The Labute approximate surface area is 122 Å². The molecule has 0 unspecified atom stereocenters. The number of anilines is 2. The molecule has 0 aromatic heterocycles. The molecule has 21 heavy (non-hydrogen) atoms. The van der Waals surface area contributed by atoms with Crippen LogP contribution in [0.15, 0.2) is 48.5 Å². The Morgan fingerprint density at radius 3 is 2.81 bits per heavy atom. The fourth-order valence-corrected chi connectivity index (χ4v) is 2.26. The van der Waals surface area contributed by atoms with E-state index >= 15 is 0 Å². The highest BCUT2D eigenvalue weighted by Crippen LogP contribution is 2.22. The first-order chi connectivity index (χ1) is 10.2. The van der Waals surface area contributed by atoms with Gasteiger partial charge in [-0.05, 0) is 35.9 Å². The Hall–Kier alpha value is -2.56. The van der Waals surface area contributed by atoms with Crippen LogP contribution >= 0.6 is 0 Å². The topological polar surface area (TPSA) is 41.6 Å². The van der Waals surface area contributed by atoms with Gasteiger partial charge in [-0.3, -0.25) is 4.90 Å². The Morgan fingerprint density at radius 2 is 2.05 bits per heavy atom. The summed E-state index contributed by atoms with van der Waals surface area (Å²) >= 11 is 0. The zero-order chi connectivity index (χ0) is 14.7. The first-order valence-corrected chi connectivity index (χ1v) is 6.75. The molecular formula is C16H15FN2O2. The quantitative estimate of drug-likeness (QED) is 0.936. The molecule has 1 N–H and O–H groups in total. The molecule has 2 aromatic carbocycles. The summed E-state index contributed by atoms with van der Waals surface area (Å²) in [5.74, 6) is -0.247. The number of ether oxygens (including phenoxy) is 1. The fourth-order valence-electron chi connectivity index (χ4n) is 2.26. The number of rotatable bonds is 4. The minimum absolute atomic E-state index is 0.247. The van der Waals surface area contributed by atoms with Crippen molar-refractivity contribution in [1.82, 2.24) is 0 Å². The van der Waals surface area contributed by atoms with Gasteiger partial charge in [0.15, 0.2) is 0 Å². The van der Waals surface area contributed by atoms with E-state index < -0.39 is 0 Å². The van der Waals surface area contributed by atoms with E-state index in [4.69, 9.17) is 4.74 Å². The van der Waals surface area contributed by atoms with Gasteiger partial charge in [-0.25, -0.2) is 9.18 Å². The van der Waals surface area contributed by atoms with E-state index in [-0.39, 0.29) is 11.9 Å². The number of hydrogen-bond acceptors (Lipinski definition) is 3. The minimum Gasteiger partial charge on any atom is -0.447 e. The Kier molecular flexibility index (Phi) is 3.73. The standard InChI is InChI=1S/C16H15FN2O2/c17-13-4-1-3-12(9-13)11-18-14-5-2-6-15(10-14)19-7-8-21-16(19)20/h1-6,9-10,18H,7-8,11H2. The summed E-state index contributed by atoms with van der Waals surface area (Å²) in [4.78, 5) is 13.1. The van der Waals surface area contributed by atoms with Crippen LogP contribution in [0.4, 0.5) is 20.6 Å². The van der Waals surface area contributed by atoms with Crippen molar-refractivity contribution in [2.75, 3.05) is 23.4 Å². The number of nitrogens with one attached hydrogen (secondary N) is 1. The first kappa shape index (κ1) is 13.4. The third-order valence-electron chi connectivity index (χ3n) is 3.30. The SMILES string of the molecule is O=C1OCCN1c1cccc(NCc2cccc(F)c2)c1. The maximum absolute atomic E-state index is 13.1. The molecule has 0 saturated carbocycles. The van der Waals surface area contributed by atoms with Crippen molar-refractivity contribution in [2.24, 2.45) is 0 Å². The lowest BCUT2D eigenvalue weighted by Gasteiger charge is -2.14. The highest BCUT2D eigenvalue weighted by molar-refractivity contribution is 5.89. The number of cyclic esters (lactones) is 1. The molecule has 1 aliphatic rings. The highest BCUT2D eigenvalue weighted by Gasteiger charge is 2.23. The third kappa shape index (κ3) is 3.13. The van der Waals surface area contributed by atoms with E-state index in [1.54, 1.807) is 11.0 Å². The van der Waals surface area contributed by atoms with E-state index in [2.05, 4.69) is 5.32 Å². The second-order valence-corrected chi connectivity index (χ2v) is 4.80. The zero-order valence-electron chi connectivity index (χ0n) is 11.4. The molecule has 1 saturated heterocycles. The molecule has 1 fully saturated rings. The van der Waals surface area contributed by atoms with Crippen LogP contribution in [-0.4, -0.2) is 19.2 Å². The summed E-state index contributed by atoms with van der Waals surface area (Å²) < 4.78 is 18.0. The number of halogens is 1. The summed E-state index contributed by atoms with van der Waals surface area (Å²) in [5, 5.41) is 3.22. The largest absolute Gasteiger partial charge is 0.447 e. The van der Waals surface area contributed by atoms with Crippen LogP contribution in [0.25, 0.3) is 0 Å². The van der Waals surface area contributed by atoms with Crippen molar-refractivity contribution < 1.29 is 13.9 Å². The molecule has 1 amide bonds. The average molecular weight is 286 g/mol. The Bertz CT molecular complexity index is 660. The molecule has 2 aromatic rings. The number of benzene rings is 2. The Balaban J connectivity index is 1.70. The van der Waals surface area contributed by atoms with Gasteiger partial charge in [0.2, 0.25) is 0 Å². The number of carbonyl (C=O) groups excluding carboxylic acids is 1. The van der Waals surface area contributed by atoms with Crippen molar-refractivity contribution >= 4 is 17.5 Å². The molecular weight excluding hydrogens is 271 g/mol. The predicted molar refractivity (Wildman–Crippen MR) is 78.9 cm³/mol. The zero-order valence-corrected chi connectivity index (χ0v) is 11.4. The van der Waals surface area contributed by atoms with Crippen molar-refractivity contribution in [1.29, 1.82) is 0 Å². The van der Waals surface area contributed by atoms with Crippen LogP contribution in [0.3, 0.4) is 0 Å². The summed E-state index contributed by atoms with van der Waals surface area (Å²) in [6.07, 6.45) is -0.322. The van der Waals surface area contributed by atoms with Crippen LogP contribution in [0.1, 0.15) is 5.56 Å². The van der Waals surface area contributed by atoms with Crippen molar-refractivity contribution in [3.63, 3.8) is 0 Å². The van der Waals surface area contributed by atoms with Gasteiger partial charge in [-0.15, -0.1) is 0 Å². The molecule has 0 radical (unpaired) electrons. The van der Waals surface area contributed by atoms with Gasteiger partial charge in [0.25, 0.3) is 0 Å². The summed E-state index contributed by atoms with van der Waals surface area (Å²) in [7, 11) is 0. The molecule has 0 bridgehead atoms. The van der Waals surface area contributed by atoms with Gasteiger partial charge in [0, 0.05) is 17.9 Å². The maximum atomic E-state index is 13.1. The van der Waals surface area contributed by atoms with Crippen LogP contribution in [0.2, 0.25) is 0 Å². The lowest BCUT2D eigenvalue weighted by Crippen LogP contribution is -2.23. The fraction of sp³-hybridized carbons (Fsp3) is 0.188. The number of amides is 1. The van der Waals surface area contributed by atoms with E-state index in [1.165, 1.54) is 12.1 Å². The van der Waals surface area contributed by atoms with E-state index in [9.17, 15) is 9.18 Å². The van der Waals surface area contributed by atoms with Gasteiger partial charge in [0.05, 0.1) is 6.54 Å².